The van der Waals surface area contributed by atoms with Crippen LogP contribution in [0.4, 0.5) is 14.5 Å². The maximum absolute atomic E-state index is 13.7. The van der Waals surface area contributed by atoms with Crippen molar-refractivity contribution in [2.45, 2.75) is 93.8 Å². The van der Waals surface area contributed by atoms with Crippen LogP contribution in [0.15, 0.2) is 17.0 Å². The summed E-state index contributed by atoms with van der Waals surface area (Å²) in [6.07, 6.45) is 3.03. The molecule has 3 aliphatic heterocycles. The summed E-state index contributed by atoms with van der Waals surface area (Å²) in [4.78, 5) is 14.3. The molecule has 1 aromatic carbocycles. The Morgan fingerprint density at radius 2 is 1.80 bits per heavy atom. The van der Waals surface area contributed by atoms with Crippen molar-refractivity contribution in [3.63, 3.8) is 0 Å². The minimum atomic E-state index is -3.92. The van der Waals surface area contributed by atoms with Crippen LogP contribution in [0.3, 0.4) is 0 Å². The quantitative estimate of drug-likeness (QED) is 0.350. The van der Waals surface area contributed by atoms with E-state index in [0.717, 1.165) is 63.0 Å². The van der Waals surface area contributed by atoms with Crippen molar-refractivity contribution in [3.8, 4) is 16.7 Å². The summed E-state index contributed by atoms with van der Waals surface area (Å²) in [6, 6.07) is 3.59. The molecule has 2 aromatic heterocycles. The van der Waals surface area contributed by atoms with Crippen molar-refractivity contribution in [1.29, 1.82) is 0 Å². The van der Waals surface area contributed by atoms with Gasteiger partial charge in [-0.3, -0.25) is 4.90 Å². The summed E-state index contributed by atoms with van der Waals surface area (Å²) in [5, 5.41) is 11.4. The number of anilines is 1. The fourth-order valence-electron chi connectivity index (χ4n) is 7.07. The molecule has 3 saturated heterocycles. The number of benzene rings is 1. The second-order valence-corrected chi connectivity index (χ2v) is 15.9. The van der Waals surface area contributed by atoms with Crippen molar-refractivity contribution in [3.05, 3.63) is 17.1 Å². The second-order valence-electron chi connectivity index (χ2n) is 13.2. The molecule has 0 bridgehead atoms. The lowest BCUT2D eigenvalue weighted by Crippen LogP contribution is -2.54. The third kappa shape index (κ3) is 5.65. The Labute approximate surface area is 259 Å². The van der Waals surface area contributed by atoms with E-state index in [1.807, 2.05) is 6.92 Å². The molecule has 2 atom stereocenters. The number of halogens is 2. The maximum Gasteiger partial charge on any atom is 0.317 e. The average molecular weight is 649 g/mol. The number of fused-ring (bicyclic) bond motifs is 2. The maximum atomic E-state index is 13.7. The van der Waals surface area contributed by atoms with Crippen molar-refractivity contribution >= 4 is 38.0 Å². The number of alkyl halides is 2. The Morgan fingerprint density at radius 1 is 1.09 bits per heavy atom. The zero-order valence-electron chi connectivity index (χ0n) is 25.1. The molecule has 44 heavy (non-hydrogen) atoms. The highest BCUT2D eigenvalue weighted by Crippen LogP contribution is 2.42. The molecule has 5 heterocycles. The fourth-order valence-corrected chi connectivity index (χ4v) is 9.28. The zero-order chi connectivity index (χ0) is 30.9. The Morgan fingerprint density at radius 3 is 2.43 bits per heavy atom. The topological polar surface area (TPSA) is 125 Å². The molecule has 0 amide bonds. The van der Waals surface area contributed by atoms with Gasteiger partial charge in [-0.25, -0.2) is 21.9 Å². The van der Waals surface area contributed by atoms with Crippen molar-refractivity contribution in [2.75, 3.05) is 37.7 Å². The van der Waals surface area contributed by atoms with Crippen LogP contribution in [-0.4, -0.2) is 89.4 Å². The number of piperazine rings is 1. The molecule has 3 aromatic rings. The zero-order valence-corrected chi connectivity index (χ0v) is 26.8. The van der Waals surface area contributed by atoms with Gasteiger partial charge in [0.25, 0.3) is 6.43 Å². The first kappa shape index (κ1) is 30.1. The van der Waals surface area contributed by atoms with Crippen LogP contribution in [0.1, 0.15) is 70.7 Å². The number of sulfonamides is 1. The number of rotatable bonds is 9. The van der Waals surface area contributed by atoms with Gasteiger partial charge in [0.05, 0.1) is 16.1 Å². The van der Waals surface area contributed by atoms with Crippen LogP contribution in [0, 0.1) is 0 Å². The summed E-state index contributed by atoms with van der Waals surface area (Å²) in [6.45, 7) is 9.79. The van der Waals surface area contributed by atoms with E-state index in [0.29, 0.717) is 36.3 Å². The van der Waals surface area contributed by atoms with Crippen LogP contribution < -0.4 is 19.7 Å². The van der Waals surface area contributed by atoms with Crippen molar-refractivity contribution in [2.24, 2.45) is 0 Å². The number of nitrogens with zero attached hydrogens (tertiary/aromatic N) is 6. The third-order valence-corrected chi connectivity index (χ3v) is 12.0. The minimum Gasteiger partial charge on any atom is -0.461 e. The van der Waals surface area contributed by atoms with Gasteiger partial charge in [0.2, 0.25) is 10.0 Å². The van der Waals surface area contributed by atoms with Crippen LogP contribution in [0.25, 0.3) is 21.6 Å². The first-order chi connectivity index (χ1) is 20.9. The summed E-state index contributed by atoms with van der Waals surface area (Å²) >= 11 is 0.736. The van der Waals surface area contributed by atoms with Gasteiger partial charge in [-0.05, 0) is 84.5 Å². The smallest absolute Gasteiger partial charge is 0.317 e. The number of aromatic nitrogens is 4. The van der Waals surface area contributed by atoms with Gasteiger partial charge in [0.1, 0.15) is 17.8 Å². The third-order valence-electron chi connectivity index (χ3n) is 9.43. The normalized spacial score (nSPS) is 24.7. The summed E-state index contributed by atoms with van der Waals surface area (Å²) in [7, 11) is -3.92. The molecule has 1 saturated carbocycles. The van der Waals surface area contributed by atoms with Gasteiger partial charge in [-0.15, -0.1) is 10.2 Å². The molecule has 15 heteroatoms. The summed E-state index contributed by atoms with van der Waals surface area (Å²) in [5.41, 5.74) is 0.802. The lowest BCUT2D eigenvalue weighted by molar-refractivity contribution is 0.108. The molecule has 0 radical (unpaired) electrons. The van der Waals surface area contributed by atoms with Crippen LogP contribution in [0.2, 0.25) is 0 Å². The van der Waals surface area contributed by atoms with Gasteiger partial charge in [-0.1, -0.05) is 11.3 Å². The number of nitrogens with one attached hydrogen (secondary N) is 2. The van der Waals surface area contributed by atoms with Crippen molar-refractivity contribution in [1.82, 2.24) is 35.1 Å². The van der Waals surface area contributed by atoms with Crippen LogP contribution >= 0.6 is 11.3 Å². The van der Waals surface area contributed by atoms with Gasteiger partial charge >= 0.3 is 6.01 Å². The monoisotopic (exact) mass is 648 g/mol. The Hall–Kier alpha value is -2.59. The predicted molar refractivity (Wildman–Crippen MR) is 164 cm³/mol. The largest absolute Gasteiger partial charge is 0.461 e. The lowest BCUT2D eigenvalue weighted by atomic mass is 9.95. The number of ether oxygens (including phenoxy) is 1. The van der Waals surface area contributed by atoms with E-state index in [2.05, 4.69) is 43.9 Å². The first-order valence-electron chi connectivity index (χ1n) is 15.3. The molecule has 0 unspecified atom stereocenters. The van der Waals surface area contributed by atoms with E-state index in [4.69, 9.17) is 14.7 Å². The average Bonchev–Trinajstić information content (AvgIpc) is 3.33. The molecule has 4 fully saturated rings. The Balaban J connectivity index is 1.39. The van der Waals surface area contributed by atoms with Gasteiger partial charge in [0, 0.05) is 36.1 Å². The highest BCUT2D eigenvalue weighted by molar-refractivity contribution is 7.89. The molecule has 7 rings (SSSR count). The van der Waals surface area contributed by atoms with Crippen LogP contribution in [0.5, 0.6) is 6.01 Å². The summed E-state index contributed by atoms with van der Waals surface area (Å²) in [5.74, 6) is 0. The van der Waals surface area contributed by atoms with E-state index in [1.54, 1.807) is 6.07 Å². The number of hydrogen-bond acceptors (Lipinski definition) is 11. The summed E-state index contributed by atoms with van der Waals surface area (Å²) < 4.78 is 63.9. The fraction of sp³-hybridized carbons (Fsp3) is 0.655. The van der Waals surface area contributed by atoms with Gasteiger partial charge in [-0.2, -0.15) is 9.97 Å². The molecule has 11 nitrogen and oxygen atoms in total. The SMILES string of the molecule is C[C@H]1CN(c2cc(S(=O)(=O)NC3(C)CC3)cc3c(-c4nnc(C(F)F)s4)nc(OCC45CCCN4CCC5)nc23)C[C@H](C)N1. The predicted octanol–water partition coefficient (Wildman–Crippen LogP) is 4.11. The Bertz CT molecular complexity index is 1660. The lowest BCUT2D eigenvalue weighted by Gasteiger charge is -2.38. The van der Waals surface area contributed by atoms with Gasteiger partial charge in [0.15, 0.2) is 10.0 Å². The molecule has 238 valence electrons. The van der Waals surface area contributed by atoms with E-state index in [-0.39, 0.29) is 39.2 Å². The van der Waals surface area contributed by atoms with E-state index >= 15 is 0 Å². The minimum absolute atomic E-state index is 0.0567. The molecule has 1 aliphatic carbocycles. The molecule has 0 spiro atoms. The van der Waals surface area contributed by atoms with Crippen molar-refractivity contribution < 1.29 is 21.9 Å². The molecule has 4 aliphatic rings. The molecular formula is C29H38F2N8O3S2. The van der Waals surface area contributed by atoms with Gasteiger partial charge < -0.3 is 15.0 Å². The second kappa shape index (κ2) is 11.0. The standard InChI is InChI=1S/C29H38F2N8O3S2/c1-17-14-38(15-18(2)32-17)21-13-19(44(40,41)37-28(3)8-9-28)12-20-22(21)33-27(34-23(20)25-35-36-26(43-25)24(30)31)42-16-29-6-4-10-39(29)11-5-7-29/h12-13,17-18,24,32,37H,4-11,14-16H2,1-3H3/t17-,18-/m0/s1. The highest BCUT2D eigenvalue weighted by Gasteiger charge is 2.45. The highest BCUT2D eigenvalue weighted by atomic mass is 32.2. The van der Waals surface area contributed by atoms with Crippen LogP contribution in [-0.2, 0) is 10.0 Å². The molecular weight excluding hydrogens is 611 g/mol. The molecule has 2 N–H and O–H groups in total. The Kier molecular flexibility index (Phi) is 7.55. The van der Waals surface area contributed by atoms with E-state index < -0.39 is 27.0 Å². The number of hydrogen-bond donors (Lipinski definition) is 2. The first-order valence-corrected chi connectivity index (χ1v) is 17.6. The van der Waals surface area contributed by atoms with E-state index in [9.17, 15) is 17.2 Å². The van der Waals surface area contributed by atoms with E-state index in [1.165, 1.54) is 6.07 Å².